The quantitative estimate of drug-likeness (QED) is 0.368. The predicted octanol–water partition coefficient (Wildman–Crippen LogP) is 2.73. The molecule has 1 fully saturated rings. The molecule has 0 spiro atoms. The number of nitrogens with zero attached hydrogens (tertiary/aromatic N) is 1. The zero-order valence-electron chi connectivity index (χ0n) is 19.0. The molecule has 0 radical (unpaired) electrons. The third-order valence-corrected chi connectivity index (χ3v) is 6.06. The highest BCUT2D eigenvalue weighted by Gasteiger charge is 2.27. The van der Waals surface area contributed by atoms with E-state index in [9.17, 15) is 9.59 Å². The Balaban J connectivity index is 1.42. The standard InChI is InChI=1S/C25H30N4O4/c1-16(33-17(2)30)23-22-8-7-21(15-20(22)9-10-27-23)28-25(31)19-5-3-18(4-6-19)24(26)29-11-13-32-14-12-29/h3-8,15-16,23,26-27H,9-14H2,1-2H3,(H,28,31). The number of esters is 1. The third-order valence-electron chi connectivity index (χ3n) is 6.06. The summed E-state index contributed by atoms with van der Waals surface area (Å²) in [5.41, 5.74) is 4.26. The minimum atomic E-state index is -0.300. The fraction of sp³-hybridized carbons (Fsp3) is 0.400. The molecule has 0 bridgehead atoms. The zero-order valence-corrected chi connectivity index (χ0v) is 19.0. The number of carbonyl (C=O) groups excluding carboxylic acids is 2. The summed E-state index contributed by atoms with van der Waals surface area (Å²) >= 11 is 0. The van der Waals surface area contributed by atoms with Crippen LogP contribution in [0, 0.1) is 5.41 Å². The largest absolute Gasteiger partial charge is 0.461 e. The molecule has 3 N–H and O–H groups in total. The second-order valence-corrected chi connectivity index (χ2v) is 8.39. The fourth-order valence-corrected chi connectivity index (χ4v) is 4.38. The Labute approximate surface area is 193 Å². The fourth-order valence-electron chi connectivity index (χ4n) is 4.38. The first kappa shape index (κ1) is 22.9. The molecule has 1 amide bonds. The Bertz CT molecular complexity index is 1030. The monoisotopic (exact) mass is 450 g/mol. The molecular formula is C25H30N4O4. The van der Waals surface area contributed by atoms with E-state index in [1.165, 1.54) is 6.92 Å². The molecule has 4 rings (SSSR count). The van der Waals surface area contributed by atoms with Crippen LogP contribution in [-0.2, 0) is 20.7 Å². The van der Waals surface area contributed by atoms with Gasteiger partial charge in [0.05, 0.1) is 19.3 Å². The Morgan fingerprint density at radius 1 is 1.15 bits per heavy atom. The van der Waals surface area contributed by atoms with E-state index in [0.717, 1.165) is 35.3 Å². The molecule has 8 nitrogen and oxygen atoms in total. The molecular weight excluding hydrogens is 420 g/mol. The topological polar surface area (TPSA) is 104 Å². The summed E-state index contributed by atoms with van der Waals surface area (Å²) in [7, 11) is 0. The van der Waals surface area contributed by atoms with E-state index >= 15 is 0 Å². The van der Waals surface area contributed by atoms with Crippen LogP contribution in [0.2, 0.25) is 0 Å². The Morgan fingerprint density at radius 3 is 2.55 bits per heavy atom. The number of morpholine rings is 1. The first-order valence-corrected chi connectivity index (χ1v) is 11.3. The second kappa shape index (κ2) is 10.1. The van der Waals surface area contributed by atoms with Crippen molar-refractivity contribution < 1.29 is 19.1 Å². The van der Waals surface area contributed by atoms with Gasteiger partial charge in [-0.05, 0) is 55.3 Å². The van der Waals surface area contributed by atoms with E-state index in [1.807, 2.05) is 42.2 Å². The van der Waals surface area contributed by atoms with Crippen LogP contribution in [0.4, 0.5) is 5.69 Å². The van der Waals surface area contributed by atoms with Crippen LogP contribution in [-0.4, -0.2) is 61.6 Å². The van der Waals surface area contributed by atoms with E-state index in [4.69, 9.17) is 14.9 Å². The number of amidine groups is 1. The molecule has 2 aliphatic heterocycles. The Morgan fingerprint density at radius 2 is 1.85 bits per heavy atom. The number of anilines is 1. The van der Waals surface area contributed by atoms with Crippen LogP contribution in [0.25, 0.3) is 0 Å². The van der Waals surface area contributed by atoms with Crippen LogP contribution in [0.15, 0.2) is 42.5 Å². The highest BCUT2D eigenvalue weighted by Crippen LogP contribution is 2.29. The maximum atomic E-state index is 12.8. The molecule has 8 heteroatoms. The third kappa shape index (κ3) is 5.40. The molecule has 0 saturated carbocycles. The minimum Gasteiger partial charge on any atom is -0.461 e. The molecule has 2 atom stereocenters. The first-order chi connectivity index (χ1) is 15.9. The Hall–Kier alpha value is -3.23. The summed E-state index contributed by atoms with van der Waals surface area (Å²) < 4.78 is 10.7. The summed E-state index contributed by atoms with van der Waals surface area (Å²) in [6, 6.07) is 12.9. The lowest BCUT2D eigenvalue weighted by molar-refractivity contribution is -0.147. The van der Waals surface area contributed by atoms with Gasteiger partial charge >= 0.3 is 5.97 Å². The maximum Gasteiger partial charge on any atom is 0.302 e. The first-order valence-electron chi connectivity index (χ1n) is 11.3. The molecule has 0 aliphatic carbocycles. The number of carbonyl (C=O) groups is 2. The lowest BCUT2D eigenvalue weighted by atomic mass is 9.91. The summed E-state index contributed by atoms with van der Waals surface area (Å²) in [6.07, 6.45) is 0.553. The van der Waals surface area contributed by atoms with Crippen LogP contribution < -0.4 is 10.6 Å². The molecule has 2 unspecified atom stereocenters. The maximum absolute atomic E-state index is 12.8. The van der Waals surface area contributed by atoms with Crippen molar-refractivity contribution in [3.8, 4) is 0 Å². The molecule has 0 aromatic heterocycles. The van der Waals surface area contributed by atoms with E-state index in [-0.39, 0.29) is 24.0 Å². The number of fused-ring (bicyclic) bond motifs is 1. The molecule has 2 aromatic rings. The van der Waals surface area contributed by atoms with Gasteiger partial charge in [0.25, 0.3) is 5.91 Å². The van der Waals surface area contributed by atoms with Gasteiger partial charge in [0, 0.05) is 36.8 Å². The van der Waals surface area contributed by atoms with Crippen LogP contribution >= 0.6 is 0 Å². The van der Waals surface area contributed by atoms with Crippen molar-refractivity contribution in [2.24, 2.45) is 0 Å². The van der Waals surface area contributed by atoms with Crippen molar-refractivity contribution in [2.45, 2.75) is 32.4 Å². The van der Waals surface area contributed by atoms with Gasteiger partial charge in [0.2, 0.25) is 0 Å². The lowest BCUT2D eigenvalue weighted by Gasteiger charge is -2.31. The highest BCUT2D eigenvalue weighted by atomic mass is 16.5. The number of nitrogens with one attached hydrogen (secondary N) is 3. The summed E-state index contributed by atoms with van der Waals surface area (Å²) in [5.74, 6) is -0.0457. The van der Waals surface area contributed by atoms with Crippen molar-refractivity contribution in [1.82, 2.24) is 10.2 Å². The lowest BCUT2D eigenvalue weighted by Crippen LogP contribution is -2.40. The van der Waals surface area contributed by atoms with Crippen LogP contribution in [0.3, 0.4) is 0 Å². The van der Waals surface area contributed by atoms with Crippen molar-refractivity contribution in [2.75, 3.05) is 38.2 Å². The van der Waals surface area contributed by atoms with Gasteiger partial charge in [-0.3, -0.25) is 15.0 Å². The van der Waals surface area contributed by atoms with E-state index in [1.54, 1.807) is 12.1 Å². The van der Waals surface area contributed by atoms with Gasteiger partial charge in [0.15, 0.2) is 0 Å². The number of ether oxygens (including phenoxy) is 2. The molecule has 1 saturated heterocycles. The van der Waals surface area contributed by atoms with E-state index in [0.29, 0.717) is 37.7 Å². The minimum absolute atomic E-state index is 0.0725. The predicted molar refractivity (Wildman–Crippen MR) is 126 cm³/mol. The summed E-state index contributed by atoms with van der Waals surface area (Å²) in [4.78, 5) is 26.1. The van der Waals surface area contributed by atoms with Gasteiger partial charge in [-0.2, -0.15) is 0 Å². The number of hydrogen-bond acceptors (Lipinski definition) is 6. The number of amides is 1. The second-order valence-electron chi connectivity index (χ2n) is 8.39. The summed E-state index contributed by atoms with van der Waals surface area (Å²) in [5, 5.41) is 14.8. The van der Waals surface area contributed by atoms with Crippen molar-refractivity contribution in [3.63, 3.8) is 0 Å². The van der Waals surface area contributed by atoms with Crippen LogP contribution in [0.1, 0.15) is 46.9 Å². The van der Waals surface area contributed by atoms with Gasteiger partial charge in [-0.25, -0.2) is 0 Å². The number of rotatable bonds is 5. The molecule has 2 aromatic carbocycles. The average Bonchev–Trinajstić information content (AvgIpc) is 2.83. The highest BCUT2D eigenvalue weighted by molar-refractivity contribution is 6.05. The molecule has 33 heavy (non-hydrogen) atoms. The van der Waals surface area contributed by atoms with E-state index < -0.39 is 0 Å². The molecule has 2 heterocycles. The normalized spacial score (nSPS) is 18.7. The van der Waals surface area contributed by atoms with Crippen LogP contribution in [0.5, 0.6) is 0 Å². The summed E-state index contributed by atoms with van der Waals surface area (Å²) in [6.45, 7) is 6.73. The van der Waals surface area contributed by atoms with Gasteiger partial charge in [-0.15, -0.1) is 0 Å². The van der Waals surface area contributed by atoms with Gasteiger partial charge in [0.1, 0.15) is 11.9 Å². The average molecular weight is 451 g/mol. The number of hydrogen-bond donors (Lipinski definition) is 3. The van der Waals surface area contributed by atoms with Gasteiger partial charge in [-0.1, -0.05) is 18.2 Å². The van der Waals surface area contributed by atoms with E-state index in [2.05, 4.69) is 10.6 Å². The molecule has 174 valence electrons. The molecule has 2 aliphatic rings. The number of benzene rings is 2. The van der Waals surface area contributed by atoms with Crippen molar-refractivity contribution in [1.29, 1.82) is 5.41 Å². The van der Waals surface area contributed by atoms with Crippen molar-refractivity contribution >= 4 is 23.4 Å². The van der Waals surface area contributed by atoms with Crippen molar-refractivity contribution in [3.05, 3.63) is 64.7 Å². The smallest absolute Gasteiger partial charge is 0.302 e. The Kier molecular flexibility index (Phi) is 7.05. The SMILES string of the molecule is CC(=O)OC(C)C1NCCc2cc(NC(=O)c3ccc(C(=N)N4CCOCC4)cc3)ccc21. The zero-order chi connectivity index (χ0) is 23.4. The van der Waals surface area contributed by atoms with Gasteiger partial charge < -0.3 is 25.0 Å².